The molecule has 2 bridgehead atoms. The third kappa shape index (κ3) is 5.01. The molecular formula is C30H36N10O2. The monoisotopic (exact) mass is 568 g/mol. The average Bonchev–Trinajstić information content (AvgIpc) is 3.69. The van der Waals surface area contributed by atoms with E-state index < -0.39 is 0 Å². The van der Waals surface area contributed by atoms with Crippen LogP contribution < -0.4 is 10.1 Å². The minimum Gasteiger partial charge on any atom is -0.477 e. The Morgan fingerprint density at radius 3 is 2.76 bits per heavy atom. The number of anilines is 1. The Morgan fingerprint density at radius 2 is 1.90 bits per heavy atom. The van der Waals surface area contributed by atoms with Crippen molar-refractivity contribution in [2.45, 2.75) is 32.9 Å². The molecule has 6 heterocycles. The van der Waals surface area contributed by atoms with Crippen molar-refractivity contribution in [1.82, 2.24) is 43.7 Å². The van der Waals surface area contributed by atoms with E-state index in [0.717, 1.165) is 68.7 Å². The molecule has 7 rings (SSSR count). The van der Waals surface area contributed by atoms with E-state index in [1.807, 2.05) is 7.05 Å². The van der Waals surface area contributed by atoms with Crippen LogP contribution in [0.15, 0.2) is 42.7 Å². The summed E-state index contributed by atoms with van der Waals surface area (Å²) in [4.78, 5) is 28.1. The van der Waals surface area contributed by atoms with Crippen molar-refractivity contribution in [3.63, 3.8) is 0 Å². The van der Waals surface area contributed by atoms with Gasteiger partial charge in [-0.3, -0.25) is 15.0 Å². The average molecular weight is 569 g/mol. The summed E-state index contributed by atoms with van der Waals surface area (Å²) in [6.45, 7) is 8.70. The molecule has 5 aromatic rings. The van der Waals surface area contributed by atoms with E-state index in [-0.39, 0.29) is 11.6 Å². The van der Waals surface area contributed by atoms with Crippen LogP contribution in [0.4, 0.5) is 5.95 Å². The first kappa shape index (κ1) is 26.6. The first-order valence-electron chi connectivity index (χ1n) is 14.6. The van der Waals surface area contributed by atoms with Crippen molar-refractivity contribution in [1.29, 1.82) is 0 Å². The van der Waals surface area contributed by atoms with Crippen LogP contribution in [0.3, 0.4) is 0 Å². The summed E-state index contributed by atoms with van der Waals surface area (Å²) in [5.74, 6) is 1.17. The number of amides is 1. The zero-order chi connectivity index (χ0) is 28.8. The largest absolute Gasteiger partial charge is 0.477 e. The Labute approximate surface area is 243 Å². The number of piperazine rings is 1. The molecule has 1 fully saturated rings. The third-order valence-electron chi connectivity index (χ3n) is 8.37. The van der Waals surface area contributed by atoms with E-state index in [9.17, 15) is 4.79 Å². The number of hydrogen-bond donors (Lipinski definition) is 1. The van der Waals surface area contributed by atoms with Crippen LogP contribution in [-0.2, 0) is 20.1 Å². The van der Waals surface area contributed by atoms with Gasteiger partial charge in [0.2, 0.25) is 11.8 Å². The number of ether oxygens (including phenoxy) is 1. The molecule has 0 spiro atoms. The summed E-state index contributed by atoms with van der Waals surface area (Å²) in [6.07, 6.45) is 5.25. The van der Waals surface area contributed by atoms with Crippen LogP contribution >= 0.6 is 0 Å². The van der Waals surface area contributed by atoms with Gasteiger partial charge in [0.15, 0.2) is 5.65 Å². The van der Waals surface area contributed by atoms with Gasteiger partial charge in [0.25, 0.3) is 5.91 Å². The Bertz CT molecular complexity index is 1760. The van der Waals surface area contributed by atoms with Gasteiger partial charge in [-0.1, -0.05) is 13.0 Å². The van der Waals surface area contributed by atoms with E-state index in [0.29, 0.717) is 35.7 Å². The molecule has 1 N–H and O–H groups in total. The highest BCUT2D eigenvalue weighted by Gasteiger charge is 2.23. The highest BCUT2D eigenvalue weighted by Crippen LogP contribution is 2.31. The smallest absolute Gasteiger partial charge is 0.276 e. The predicted octanol–water partition coefficient (Wildman–Crippen LogP) is 3.29. The molecule has 0 radical (unpaired) electrons. The minimum absolute atomic E-state index is 0.269. The predicted molar refractivity (Wildman–Crippen MR) is 160 cm³/mol. The lowest BCUT2D eigenvalue weighted by Crippen LogP contribution is -2.43. The molecular weight excluding hydrogens is 532 g/mol. The molecule has 1 atom stereocenters. The van der Waals surface area contributed by atoms with Crippen molar-refractivity contribution < 1.29 is 9.53 Å². The van der Waals surface area contributed by atoms with Crippen molar-refractivity contribution >= 4 is 28.5 Å². The van der Waals surface area contributed by atoms with Gasteiger partial charge in [-0.25, -0.2) is 19.2 Å². The van der Waals surface area contributed by atoms with Gasteiger partial charge in [-0.15, -0.1) is 0 Å². The maximum atomic E-state index is 13.8. The zero-order valence-corrected chi connectivity index (χ0v) is 24.3. The second-order valence-electron chi connectivity index (χ2n) is 11.6. The molecule has 0 saturated carbocycles. The SMILES string of the molecule is C[C@@H]1CCCOc2c(cnn2C)-c2cc(nc3ccnn23)C(=O)Nc2nc3ccc(CN4CCN(C)CC4)cc3n2C1. The van der Waals surface area contributed by atoms with E-state index in [1.165, 1.54) is 5.56 Å². The van der Waals surface area contributed by atoms with Crippen molar-refractivity contribution in [3.05, 3.63) is 54.0 Å². The van der Waals surface area contributed by atoms with Crippen molar-refractivity contribution in [2.24, 2.45) is 13.0 Å². The molecule has 12 nitrogen and oxygen atoms in total. The van der Waals surface area contributed by atoms with Crippen LogP contribution in [0, 0.1) is 5.92 Å². The van der Waals surface area contributed by atoms with Crippen LogP contribution in [0.1, 0.15) is 35.8 Å². The first-order valence-corrected chi connectivity index (χ1v) is 14.6. The van der Waals surface area contributed by atoms with Gasteiger partial charge in [-0.05, 0) is 49.6 Å². The fraction of sp³-hybridized carbons (Fsp3) is 0.433. The second kappa shape index (κ2) is 10.8. The van der Waals surface area contributed by atoms with Crippen molar-refractivity contribution in [3.8, 4) is 17.1 Å². The molecule has 2 aliphatic rings. The van der Waals surface area contributed by atoms with Crippen LogP contribution in [0.2, 0.25) is 0 Å². The number of fused-ring (bicyclic) bond motifs is 9. The van der Waals surface area contributed by atoms with Gasteiger partial charge in [-0.2, -0.15) is 10.2 Å². The molecule has 12 heteroatoms. The summed E-state index contributed by atoms with van der Waals surface area (Å²) in [5, 5.41) is 12.0. The number of likely N-dealkylation sites (N-methyl/N-ethyl adjacent to an activating group) is 1. The van der Waals surface area contributed by atoms with E-state index in [2.05, 4.69) is 67.0 Å². The fourth-order valence-corrected chi connectivity index (χ4v) is 5.97. The number of carbonyl (C=O) groups excluding carboxylic acids is 1. The number of rotatable bonds is 2. The lowest BCUT2D eigenvalue weighted by molar-refractivity contribution is 0.102. The van der Waals surface area contributed by atoms with Crippen molar-refractivity contribution in [2.75, 3.05) is 45.2 Å². The number of nitrogens with one attached hydrogen (secondary N) is 1. The summed E-state index contributed by atoms with van der Waals surface area (Å²) in [6, 6.07) is 9.98. The molecule has 0 unspecified atom stereocenters. The number of carbonyl (C=O) groups is 1. The third-order valence-corrected chi connectivity index (χ3v) is 8.37. The molecule has 4 aromatic heterocycles. The van der Waals surface area contributed by atoms with E-state index in [1.54, 1.807) is 33.7 Å². The Morgan fingerprint density at radius 1 is 1.05 bits per heavy atom. The first-order chi connectivity index (χ1) is 20.4. The molecule has 1 saturated heterocycles. The van der Waals surface area contributed by atoms with Gasteiger partial charge >= 0.3 is 0 Å². The van der Waals surface area contributed by atoms with Gasteiger partial charge in [0.1, 0.15) is 5.69 Å². The summed E-state index contributed by atoms with van der Waals surface area (Å²) < 4.78 is 11.8. The number of aromatic nitrogens is 7. The molecule has 1 amide bonds. The summed E-state index contributed by atoms with van der Waals surface area (Å²) >= 11 is 0. The molecule has 42 heavy (non-hydrogen) atoms. The Kier molecular flexibility index (Phi) is 6.87. The van der Waals surface area contributed by atoms with Gasteiger partial charge in [0, 0.05) is 52.4 Å². The molecule has 0 aliphatic carbocycles. The molecule has 2 aliphatic heterocycles. The van der Waals surface area contributed by atoms with Crippen LogP contribution in [0.5, 0.6) is 5.88 Å². The van der Waals surface area contributed by atoms with E-state index in [4.69, 9.17) is 9.72 Å². The highest BCUT2D eigenvalue weighted by atomic mass is 16.5. The topological polar surface area (TPSA) is 111 Å². The molecule has 218 valence electrons. The second-order valence-corrected chi connectivity index (χ2v) is 11.6. The van der Waals surface area contributed by atoms with Gasteiger partial charge < -0.3 is 14.2 Å². The number of aryl methyl sites for hydroxylation is 1. The molecule has 1 aromatic carbocycles. The van der Waals surface area contributed by atoms with E-state index >= 15 is 0 Å². The number of imidazole rings is 1. The highest BCUT2D eigenvalue weighted by molar-refractivity contribution is 6.03. The number of benzene rings is 1. The maximum absolute atomic E-state index is 13.8. The number of nitrogens with zero attached hydrogens (tertiary/aromatic N) is 9. The Balaban J connectivity index is 1.28. The lowest BCUT2D eigenvalue weighted by Gasteiger charge is -2.32. The number of hydrogen-bond acceptors (Lipinski definition) is 8. The quantitative estimate of drug-likeness (QED) is 0.346. The standard InChI is InChI=1S/C30H36N10O2/c1-20-5-4-14-42-29-22(17-32-37(29)3)25-16-24(33-27-8-9-31-40(25)27)28(41)35-30-34-23-7-6-21(15-26(23)39(30)18-20)19-38-12-10-36(2)11-13-38/h6-9,15-17,20H,4-5,10-14,18-19H2,1-3H3,(H,34,35,41)/t20-/m1/s1. The maximum Gasteiger partial charge on any atom is 0.276 e. The Hall–Kier alpha value is -4.29. The summed E-state index contributed by atoms with van der Waals surface area (Å²) in [5.41, 5.74) is 5.42. The van der Waals surface area contributed by atoms with Crippen LogP contribution in [0.25, 0.3) is 27.9 Å². The lowest BCUT2D eigenvalue weighted by atomic mass is 10.1. The van der Waals surface area contributed by atoms with Gasteiger partial charge in [0.05, 0.1) is 41.3 Å². The minimum atomic E-state index is -0.331. The zero-order valence-electron chi connectivity index (χ0n) is 24.3. The fourth-order valence-electron chi connectivity index (χ4n) is 5.97. The normalized spacial score (nSPS) is 19.1. The summed E-state index contributed by atoms with van der Waals surface area (Å²) in [7, 11) is 4.03. The van der Waals surface area contributed by atoms with Crippen LogP contribution in [-0.4, -0.2) is 89.5 Å².